The molecule has 0 heterocycles. The van der Waals surface area contributed by atoms with Crippen LogP contribution in [0.1, 0.15) is 18.4 Å². The molecule has 2 aromatic carbocycles. The van der Waals surface area contributed by atoms with Gasteiger partial charge in [0, 0.05) is 13.6 Å². The predicted octanol–water partition coefficient (Wildman–Crippen LogP) is 2.91. The van der Waals surface area contributed by atoms with Crippen molar-refractivity contribution in [2.24, 2.45) is 11.8 Å². The fourth-order valence-corrected chi connectivity index (χ4v) is 3.06. The third-order valence-electron chi connectivity index (χ3n) is 4.52. The normalized spacial score (nSPS) is 20.4. The lowest BCUT2D eigenvalue weighted by molar-refractivity contribution is -0.156. The van der Waals surface area contributed by atoms with Crippen LogP contribution in [0.4, 0.5) is 0 Å². The van der Waals surface area contributed by atoms with Gasteiger partial charge in [-0.1, -0.05) is 36.4 Å². The maximum Gasteiger partial charge on any atom is 0.307 e. The van der Waals surface area contributed by atoms with Crippen molar-refractivity contribution in [3.8, 4) is 0 Å². The zero-order chi connectivity index (χ0) is 15.7. The Morgan fingerprint density at radius 3 is 2.41 bits per heavy atom. The quantitative estimate of drug-likeness (QED) is 0.944. The largest absolute Gasteiger partial charge is 0.481 e. The topological polar surface area (TPSA) is 57.6 Å². The van der Waals surface area contributed by atoms with Gasteiger partial charge in [0.25, 0.3) is 0 Å². The number of hydrogen-bond acceptors (Lipinski definition) is 2. The van der Waals surface area contributed by atoms with Gasteiger partial charge in [0.05, 0.1) is 11.8 Å². The molecule has 0 aliphatic heterocycles. The van der Waals surface area contributed by atoms with Gasteiger partial charge in [-0.15, -0.1) is 0 Å². The Morgan fingerprint density at radius 2 is 1.77 bits per heavy atom. The number of carboxylic acids is 1. The van der Waals surface area contributed by atoms with Gasteiger partial charge in [0.15, 0.2) is 0 Å². The molecule has 0 aromatic heterocycles. The van der Waals surface area contributed by atoms with Gasteiger partial charge in [-0.2, -0.15) is 0 Å². The molecule has 114 valence electrons. The summed E-state index contributed by atoms with van der Waals surface area (Å²) in [7, 11) is 1.74. The first-order valence-corrected chi connectivity index (χ1v) is 7.52. The van der Waals surface area contributed by atoms with Crippen LogP contribution in [-0.4, -0.2) is 28.9 Å². The first-order chi connectivity index (χ1) is 10.6. The Labute approximate surface area is 129 Å². The van der Waals surface area contributed by atoms with Crippen LogP contribution in [-0.2, 0) is 16.1 Å². The number of amides is 1. The number of aliphatic carboxylic acids is 1. The number of benzene rings is 2. The van der Waals surface area contributed by atoms with E-state index in [1.54, 1.807) is 11.9 Å². The molecule has 0 saturated heterocycles. The summed E-state index contributed by atoms with van der Waals surface area (Å²) < 4.78 is 0. The number of carboxylic acid groups (broad SMARTS) is 1. The van der Waals surface area contributed by atoms with Gasteiger partial charge in [-0.3, -0.25) is 9.59 Å². The molecule has 0 spiro atoms. The van der Waals surface area contributed by atoms with Crippen molar-refractivity contribution in [3.63, 3.8) is 0 Å². The minimum Gasteiger partial charge on any atom is -0.481 e. The summed E-state index contributed by atoms with van der Waals surface area (Å²) in [5, 5.41) is 11.4. The van der Waals surface area contributed by atoms with Crippen LogP contribution in [0.3, 0.4) is 0 Å². The molecule has 2 unspecified atom stereocenters. The van der Waals surface area contributed by atoms with Crippen molar-refractivity contribution in [1.29, 1.82) is 0 Å². The second-order valence-corrected chi connectivity index (χ2v) is 6.00. The van der Waals surface area contributed by atoms with Crippen LogP contribution in [0.25, 0.3) is 10.8 Å². The number of carbonyl (C=O) groups is 2. The third-order valence-corrected chi connectivity index (χ3v) is 4.52. The van der Waals surface area contributed by atoms with E-state index < -0.39 is 11.9 Å². The van der Waals surface area contributed by atoms with E-state index in [2.05, 4.69) is 12.1 Å². The van der Waals surface area contributed by atoms with E-state index in [1.807, 2.05) is 30.3 Å². The molecule has 1 N–H and O–H groups in total. The third kappa shape index (κ3) is 2.69. The molecule has 0 bridgehead atoms. The van der Waals surface area contributed by atoms with Gasteiger partial charge in [-0.25, -0.2) is 0 Å². The monoisotopic (exact) mass is 297 g/mol. The van der Waals surface area contributed by atoms with E-state index in [4.69, 9.17) is 5.11 Å². The molecule has 22 heavy (non-hydrogen) atoms. The van der Waals surface area contributed by atoms with E-state index in [1.165, 1.54) is 5.39 Å². The molecule has 0 radical (unpaired) electrons. The minimum atomic E-state index is -0.858. The first kappa shape index (κ1) is 14.6. The summed E-state index contributed by atoms with van der Waals surface area (Å²) in [4.78, 5) is 25.1. The van der Waals surface area contributed by atoms with Crippen LogP contribution in [0.2, 0.25) is 0 Å². The Balaban J connectivity index is 1.71. The molecule has 1 aliphatic carbocycles. The molecule has 1 amide bonds. The number of fused-ring (bicyclic) bond motifs is 1. The maximum atomic E-state index is 12.4. The molecule has 4 heteroatoms. The fourth-order valence-electron chi connectivity index (χ4n) is 3.06. The highest BCUT2D eigenvalue weighted by Gasteiger charge is 2.42. The fraction of sp³-hybridized carbons (Fsp3) is 0.333. The van der Waals surface area contributed by atoms with Crippen LogP contribution >= 0.6 is 0 Å². The lowest BCUT2D eigenvalue weighted by Gasteiger charge is -2.35. The summed E-state index contributed by atoms with van der Waals surface area (Å²) in [6.45, 7) is 0.506. The highest BCUT2D eigenvalue weighted by Crippen LogP contribution is 2.36. The molecule has 1 saturated carbocycles. The molecule has 4 nitrogen and oxygen atoms in total. The van der Waals surface area contributed by atoms with E-state index in [0.717, 1.165) is 10.9 Å². The summed E-state index contributed by atoms with van der Waals surface area (Å²) in [6, 6.07) is 14.2. The second-order valence-electron chi connectivity index (χ2n) is 6.00. The van der Waals surface area contributed by atoms with E-state index in [0.29, 0.717) is 19.4 Å². The Bertz CT molecular complexity index is 725. The van der Waals surface area contributed by atoms with Crippen molar-refractivity contribution >= 4 is 22.6 Å². The zero-order valence-corrected chi connectivity index (χ0v) is 12.5. The SMILES string of the molecule is CN(Cc1ccc2ccccc2c1)C(=O)C1CCC1C(=O)O. The van der Waals surface area contributed by atoms with Crippen LogP contribution < -0.4 is 0 Å². The average molecular weight is 297 g/mol. The van der Waals surface area contributed by atoms with E-state index >= 15 is 0 Å². The molecule has 1 aliphatic rings. The summed E-state index contributed by atoms with van der Waals surface area (Å²) in [5.41, 5.74) is 1.06. The minimum absolute atomic E-state index is 0.0631. The van der Waals surface area contributed by atoms with Gasteiger partial charge >= 0.3 is 5.97 Å². The van der Waals surface area contributed by atoms with E-state index in [9.17, 15) is 9.59 Å². The van der Waals surface area contributed by atoms with Crippen molar-refractivity contribution in [3.05, 3.63) is 48.0 Å². The number of hydrogen-bond donors (Lipinski definition) is 1. The van der Waals surface area contributed by atoms with Crippen LogP contribution in [0, 0.1) is 11.8 Å². The van der Waals surface area contributed by atoms with Gasteiger partial charge in [0.2, 0.25) is 5.91 Å². The first-order valence-electron chi connectivity index (χ1n) is 7.52. The molecule has 1 fully saturated rings. The molecular weight excluding hydrogens is 278 g/mol. The molecule has 2 atom stereocenters. The van der Waals surface area contributed by atoms with Gasteiger partial charge < -0.3 is 10.0 Å². The Kier molecular flexibility index (Phi) is 3.84. The molecule has 3 rings (SSSR count). The number of carbonyl (C=O) groups excluding carboxylic acids is 1. The maximum absolute atomic E-state index is 12.4. The molecule has 2 aromatic rings. The van der Waals surface area contributed by atoms with Crippen LogP contribution in [0.15, 0.2) is 42.5 Å². The molecular formula is C18H19NO3. The van der Waals surface area contributed by atoms with Gasteiger partial charge in [0.1, 0.15) is 0 Å². The highest BCUT2D eigenvalue weighted by molar-refractivity contribution is 5.86. The summed E-state index contributed by atoms with van der Waals surface area (Å²) >= 11 is 0. The van der Waals surface area contributed by atoms with Crippen LogP contribution in [0.5, 0.6) is 0 Å². The van der Waals surface area contributed by atoms with Crippen molar-refractivity contribution in [1.82, 2.24) is 4.90 Å². The van der Waals surface area contributed by atoms with Crippen molar-refractivity contribution in [2.75, 3.05) is 7.05 Å². The lowest BCUT2D eigenvalue weighted by atomic mass is 9.73. The van der Waals surface area contributed by atoms with E-state index in [-0.39, 0.29) is 11.8 Å². The number of nitrogens with zero attached hydrogens (tertiary/aromatic N) is 1. The number of rotatable bonds is 4. The van der Waals surface area contributed by atoms with Gasteiger partial charge in [-0.05, 0) is 35.2 Å². The van der Waals surface area contributed by atoms with Crippen molar-refractivity contribution < 1.29 is 14.7 Å². The summed E-state index contributed by atoms with van der Waals surface area (Å²) in [5.74, 6) is -1.79. The standard InChI is InChI=1S/C18H19NO3/c1-19(17(20)15-8-9-16(15)18(21)22)11-12-6-7-13-4-2-3-5-14(13)10-12/h2-7,10,15-16H,8-9,11H2,1H3,(H,21,22). The smallest absolute Gasteiger partial charge is 0.307 e. The highest BCUT2D eigenvalue weighted by atomic mass is 16.4. The van der Waals surface area contributed by atoms with Crippen molar-refractivity contribution in [2.45, 2.75) is 19.4 Å². The lowest BCUT2D eigenvalue weighted by Crippen LogP contribution is -2.44. The second kappa shape index (κ2) is 5.79. The Hall–Kier alpha value is -2.36. The Morgan fingerprint density at radius 1 is 1.09 bits per heavy atom. The average Bonchev–Trinajstić information content (AvgIpc) is 2.45. The summed E-state index contributed by atoms with van der Waals surface area (Å²) in [6.07, 6.45) is 1.29. The zero-order valence-electron chi connectivity index (χ0n) is 12.5. The predicted molar refractivity (Wildman–Crippen MR) is 84.3 cm³/mol.